The molecule has 17 heavy (non-hydrogen) atoms. The first-order valence-electron chi connectivity index (χ1n) is 4.58. The van der Waals surface area contributed by atoms with E-state index in [-0.39, 0.29) is 10.8 Å². The smallest absolute Gasteiger partial charge is 0.250 e. The van der Waals surface area contributed by atoms with Crippen molar-refractivity contribution >= 4 is 38.9 Å². The van der Waals surface area contributed by atoms with E-state index < -0.39 is 15.9 Å². The number of thiophene rings is 1. The average molecular weight is 295 g/mol. The molecule has 0 saturated carbocycles. The van der Waals surface area contributed by atoms with Crippen LogP contribution in [-0.2, 0) is 14.8 Å². The molecule has 1 heterocycles. The molecule has 2 N–H and O–H groups in total. The van der Waals surface area contributed by atoms with Crippen molar-refractivity contribution in [1.82, 2.24) is 10.0 Å². The van der Waals surface area contributed by atoms with Gasteiger partial charge in [-0.05, 0) is 12.1 Å². The van der Waals surface area contributed by atoms with Gasteiger partial charge in [-0.25, -0.2) is 13.1 Å². The van der Waals surface area contributed by atoms with Gasteiger partial charge >= 0.3 is 0 Å². The zero-order valence-corrected chi connectivity index (χ0v) is 11.2. The van der Waals surface area contributed by atoms with Gasteiger partial charge in [-0.1, -0.05) is 17.7 Å². The molecule has 0 aliphatic carbocycles. The lowest BCUT2D eigenvalue weighted by atomic mass is 10.5. The van der Waals surface area contributed by atoms with Gasteiger partial charge in [0.1, 0.15) is 4.21 Å². The van der Waals surface area contributed by atoms with Gasteiger partial charge in [-0.3, -0.25) is 4.79 Å². The molecule has 1 aromatic rings. The van der Waals surface area contributed by atoms with E-state index in [4.69, 9.17) is 11.6 Å². The second kappa shape index (κ2) is 6.15. The number of carbonyl (C=O) groups is 1. The monoisotopic (exact) mass is 294 g/mol. The summed E-state index contributed by atoms with van der Waals surface area (Å²) in [4.78, 5) is 11.2. The Balaban J connectivity index is 2.56. The Labute approximate surface area is 109 Å². The Hall–Kier alpha value is -0.890. The fourth-order valence-corrected chi connectivity index (χ4v) is 3.43. The maximum absolute atomic E-state index is 11.7. The van der Waals surface area contributed by atoms with E-state index >= 15 is 0 Å². The van der Waals surface area contributed by atoms with Crippen molar-refractivity contribution in [2.45, 2.75) is 4.21 Å². The van der Waals surface area contributed by atoms with Crippen LogP contribution in [-0.4, -0.2) is 27.4 Å². The third kappa shape index (κ3) is 4.47. The van der Waals surface area contributed by atoms with E-state index in [1.54, 1.807) is 0 Å². The fraction of sp³-hybridized carbons (Fsp3) is 0.222. The summed E-state index contributed by atoms with van der Waals surface area (Å²) in [5.74, 6) is -0.420. The number of sulfonamides is 1. The molecular weight excluding hydrogens is 284 g/mol. The molecule has 0 aliphatic heterocycles. The first-order chi connectivity index (χ1) is 7.95. The SMILES string of the molecule is C=CCNC(=O)CNS(=O)(=O)c1ccc(Cl)s1. The normalized spacial score (nSPS) is 11.1. The number of rotatable bonds is 6. The van der Waals surface area contributed by atoms with Crippen LogP contribution >= 0.6 is 22.9 Å². The number of hydrogen-bond acceptors (Lipinski definition) is 4. The lowest BCUT2D eigenvalue weighted by Gasteiger charge is -2.04. The molecule has 0 saturated heterocycles. The van der Waals surface area contributed by atoms with Gasteiger partial charge in [-0.2, -0.15) is 0 Å². The summed E-state index contributed by atoms with van der Waals surface area (Å²) in [7, 11) is -3.66. The highest BCUT2D eigenvalue weighted by Crippen LogP contribution is 2.24. The number of carbonyl (C=O) groups excluding carboxylic acids is 1. The van der Waals surface area contributed by atoms with Crippen LogP contribution in [0, 0.1) is 0 Å². The minimum absolute atomic E-state index is 0.0824. The van der Waals surface area contributed by atoms with Gasteiger partial charge in [0.05, 0.1) is 10.9 Å². The van der Waals surface area contributed by atoms with Crippen molar-refractivity contribution in [3.05, 3.63) is 29.1 Å². The fourth-order valence-electron chi connectivity index (χ4n) is 0.922. The summed E-state index contributed by atoms with van der Waals surface area (Å²) < 4.78 is 26.0. The van der Waals surface area contributed by atoms with Gasteiger partial charge < -0.3 is 5.32 Å². The van der Waals surface area contributed by atoms with Crippen LogP contribution in [0.25, 0.3) is 0 Å². The minimum atomic E-state index is -3.66. The zero-order chi connectivity index (χ0) is 12.9. The van der Waals surface area contributed by atoms with E-state index in [1.807, 2.05) is 0 Å². The molecule has 1 rings (SSSR count). The van der Waals surface area contributed by atoms with Crippen molar-refractivity contribution in [2.75, 3.05) is 13.1 Å². The summed E-state index contributed by atoms with van der Waals surface area (Å²) in [6.45, 7) is 3.41. The van der Waals surface area contributed by atoms with Crippen LogP contribution in [0.5, 0.6) is 0 Å². The molecule has 0 aromatic carbocycles. The second-order valence-electron chi connectivity index (χ2n) is 2.98. The summed E-state index contributed by atoms with van der Waals surface area (Å²) in [5, 5.41) is 2.45. The van der Waals surface area contributed by atoms with Gasteiger partial charge in [0.2, 0.25) is 5.91 Å². The third-order valence-corrected chi connectivity index (χ3v) is 4.80. The van der Waals surface area contributed by atoms with Crippen molar-refractivity contribution < 1.29 is 13.2 Å². The summed E-state index contributed by atoms with van der Waals surface area (Å²) >= 11 is 6.56. The molecule has 0 fully saturated rings. The van der Waals surface area contributed by atoms with Gasteiger partial charge in [0.15, 0.2) is 0 Å². The highest BCUT2D eigenvalue weighted by Gasteiger charge is 2.17. The van der Waals surface area contributed by atoms with Crippen LogP contribution in [0.15, 0.2) is 29.0 Å². The second-order valence-corrected chi connectivity index (χ2v) is 6.68. The molecule has 0 unspecified atom stereocenters. The van der Waals surface area contributed by atoms with E-state index in [1.165, 1.54) is 18.2 Å². The summed E-state index contributed by atoms with van der Waals surface area (Å²) in [6, 6.07) is 2.87. The van der Waals surface area contributed by atoms with Crippen LogP contribution in [0.4, 0.5) is 0 Å². The van der Waals surface area contributed by atoms with Crippen LogP contribution in [0.2, 0.25) is 4.34 Å². The Morgan fingerprint density at radius 2 is 2.24 bits per heavy atom. The van der Waals surface area contributed by atoms with E-state index in [0.717, 1.165) is 11.3 Å². The van der Waals surface area contributed by atoms with Crippen molar-refractivity contribution in [2.24, 2.45) is 0 Å². The maximum Gasteiger partial charge on any atom is 0.250 e. The van der Waals surface area contributed by atoms with Gasteiger partial charge in [-0.15, -0.1) is 17.9 Å². The predicted octanol–water partition coefficient (Wildman–Crippen LogP) is 0.982. The Morgan fingerprint density at radius 1 is 1.53 bits per heavy atom. The van der Waals surface area contributed by atoms with E-state index in [0.29, 0.717) is 10.9 Å². The molecule has 8 heteroatoms. The van der Waals surface area contributed by atoms with Crippen LogP contribution in [0.1, 0.15) is 0 Å². The molecule has 1 aromatic heterocycles. The molecular formula is C9H11ClN2O3S2. The standard InChI is InChI=1S/C9H11ClN2O3S2/c1-2-5-11-8(13)6-12-17(14,15)9-4-3-7(10)16-9/h2-4,12H,1,5-6H2,(H,11,13). The molecule has 1 amide bonds. The van der Waals surface area contributed by atoms with Crippen molar-refractivity contribution in [3.63, 3.8) is 0 Å². The van der Waals surface area contributed by atoms with Crippen molar-refractivity contribution in [1.29, 1.82) is 0 Å². The molecule has 5 nitrogen and oxygen atoms in total. The maximum atomic E-state index is 11.7. The highest BCUT2D eigenvalue weighted by atomic mass is 35.5. The zero-order valence-electron chi connectivity index (χ0n) is 8.77. The molecule has 0 aliphatic rings. The van der Waals surface area contributed by atoms with Crippen LogP contribution in [0.3, 0.4) is 0 Å². The Morgan fingerprint density at radius 3 is 2.76 bits per heavy atom. The lowest BCUT2D eigenvalue weighted by Crippen LogP contribution is -2.36. The number of hydrogen-bond donors (Lipinski definition) is 2. The minimum Gasteiger partial charge on any atom is -0.352 e. The number of nitrogens with one attached hydrogen (secondary N) is 2. The topological polar surface area (TPSA) is 75.3 Å². The largest absolute Gasteiger partial charge is 0.352 e. The highest BCUT2D eigenvalue weighted by molar-refractivity contribution is 7.91. The Bertz CT molecular complexity index is 510. The van der Waals surface area contributed by atoms with E-state index in [2.05, 4.69) is 16.6 Å². The lowest BCUT2D eigenvalue weighted by molar-refractivity contribution is -0.119. The molecule has 0 spiro atoms. The van der Waals surface area contributed by atoms with Crippen molar-refractivity contribution in [3.8, 4) is 0 Å². The first-order valence-corrected chi connectivity index (χ1v) is 7.26. The third-order valence-electron chi connectivity index (χ3n) is 1.68. The summed E-state index contributed by atoms with van der Waals surface area (Å²) in [5.41, 5.74) is 0. The number of halogens is 1. The average Bonchev–Trinajstić information content (AvgIpc) is 2.71. The van der Waals surface area contributed by atoms with Gasteiger partial charge in [0.25, 0.3) is 10.0 Å². The number of amides is 1. The van der Waals surface area contributed by atoms with Gasteiger partial charge in [0, 0.05) is 6.54 Å². The van der Waals surface area contributed by atoms with Crippen LogP contribution < -0.4 is 10.0 Å². The quantitative estimate of drug-likeness (QED) is 0.768. The molecule has 94 valence electrons. The molecule has 0 radical (unpaired) electrons. The first kappa shape index (κ1) is 14.2. The predicted molar refractivity (Wildman–Crippen MR) is 67.7 cm³/mol. The Kier molecular flexibility index (Phi) is 5.13. The van der Waals surface area contributed by atoms with E-state index in [9.17, 15) is 13.2 Å². The molecule has 0 bridgehead atoms. The summed E-state index contributed by atoms with van der Waals surface area (Å²) in [6.07, 6.45) is 1.51. The molecule has 0 atom stereocenters.